The number of rotatable bonds is 2. The highest BCUT2D eigenvalue weighted by molar-refractivity contribution is 6.42. The summed E-state index contributed by atoms with van der Waals surface area (Å²) in [5, 5.41) is 0.964. The third-order valence-corrected chi connectivity index (χ3v) is 2.95. The van der Waals surface area contributed by atoms with E-state index in [1.54, 1.807) is 12.1 Å². The second-order valence-electron chi connectivity index (χ2n) is 3.36. The Morgan fingerprint density at radius 2 is 1.65 bits per heavy atom. The second kappa shape index (κ2) is 4.73. The molecule has 1 aromatic heterocycles. The van der Waals surface area contributed by atoms with E-state index in [4.69, 9.17) is 34.7 Å². The number of nitrogens with zero attached hydrogens (tertiary/aromatic N) is 3. The lowest BCUT2D eigenvalue weighted by molar-refractivity contribution is 0.939. The Balaban J connectivity index is 2.34. The molecule has 0 aliphatic carbocycles. The summed E-state index contributed by atoms with van der Waals surface area (Å²) in [5.41, 5.74) is 11.8. The summed E-state index contributed by atoms with van der Waals surface area (Å²) in [4.78, 5) is 11.6. The highest BCUT2D eigenvalue weighted by atomic mass is 35.5. The van der Waals surface area contributed by atoms with Crippen molar-refractivity contribution in [2.75, 3.05) is 11.5 Å². The van der Waals surface area contributed by atoms with E-state index in [2.05, 4.69) is 15.0 Å². The average molecular weight is 270 g/mol. The van der Waals surface area contributed by atoms with Crippen LogP contribution < -0.4 is 11.5 Å². The van der Waals surface area contributed by atoms with Crippen LogP contribution in [-0.2, 0) is 6.42 Å². The molecule has 0 aliphatic rings. The molecule has 1 aromatic carbocycles. The number of nitrogens with two attached hydrogens (primary N) is 2. The van der Waals surface area contributed by atoms with Gasteiger partial charge in [-0.15, -0.1) is 0 Å². The Bertz CT molecular complexity index is 538. The third kappa shape index (κ3) is 2.75. The van der Waals surface area contributed by atoms with Gasteiger partial charge in [0.15, 0.2) is 0 Å². The maximum atomic E-state index is 6.06. The van der Waals surface area contributed by atoms with Gasteiger partial charge in [0.2, 0.25) is 11.9 Å². The first-order valence-electron chi connectivity index (χ1n) is 4.75. The first-order valence-corrected chi connectivity index (χ1v) is 5.50. The minimum Gasteiger partial charge on any atom is -0.368 e. The molecule has 4 N–H and O–H groups in total. The third-order valence-electron chi connectivity index (χ3n) is 2.10. The molecule has 0 radical (unpaired) electrons. The Kier molecular flexibility index (Phi) is 3.31. The quantitative estimate of drug-likeness (QED) is 0.870. The molecule has 0 saturated carbocycles. The van der Waals surface area contributed by atoms with E-state index in [1.807, 2.05) is 6.07 Å². The SMILES string of the molecule is Nc1nc(N)nc(Cc2cccc(Cl)c2Cl)n1. The van der Waals surface area contributed by atoms with Crippen molar-refractivity contribution in [3.8, 4) is 0 Å². The maximum Gasteiger partial charge on any atom is 0.225 e. The molecule has 2 aromatic rings. The van der Waals surface area contributed by atoms with Gasteiger partial charge in [-0.25, -0.2) is 0 Å². The topological polar surface area (TPSA) is 90.7 Å². The predicted molar refractivity (Wildman–Crippen MR) is 67.9 cm³/mol. The van der Waals surface area contributed by atoms with Crippen molar-refractivity contribution >= 4 is 35.1 Å². The van der Waals surface area contributed by atoms with E-state index in [0.717, 1.165) is 5.56 Å². The largest absolute Gasteiger partial charge is 0.368 e. The number of benzene rings is 1. The number of halogens is 2. The zero-order valence-corrected chi connectivity index (χ0v) is 10.2. The smallest absolute Gasteiger partial charge is 0.225 e. The average Bonchev–Trinajstić information content (AvgIpc) is 2.23. The van der Waals surface area contributed by atoms with Gasteiger partial charge in [-0.3, -0.25) is 0 Å². The highest BCUT2D eigenvalue weighted by Crippen LogP contribution is 2.26. The van der Waals surface area contributed by atoms with Crippen molar-refractivity contribution < 1.29 is 0 Å². The van der Waals surface area contributed by atoms with Crippen LogP contribution in [0.15, 0.2) is 18.2 Å². The Morgan fingerprint density at radius 3 is 2.29 bits per heavy atom. The molecule has 7 heteroatoms. The van der Waals surface area contributed by atoms with Crippen LogP contribution in [0.5, 0.6) is 0 Å². The predicted octanol–water partition coefficient (Wildman–Crippen LogP) is 1.93. The summed E-state index contributed by atoms with van der Waals surface area (Å²) in [6.45, 7) is 0. The standard InChI is InChI=1S/C10H9Cl2N5/c11-6-3-1-2-5(8(6)12)4-7-15-9(13)17-10(14)16-7/h1-3H,4H2,(H4,13,14,15,16,17). The lowest BCUT2D eigenvalue weighted by atomic mass is 10.1. The van der Waals surface area contributed by atoms with Gasteiger partial charge < -0.3 is 11.5 Å². The van der Waals surface area contributed by atoms with E-state index < -0.39 is 0 Å². The van der Waals surface area contributed by atoms with Gasteiger partial charge in [0.1, 0.15) is 5.82 Å². The van der Waals surface area contributed by atoms with Crippen molar-refractivity contribution in [2.24, 2.45) is 0 Å². The van der Waals surface area contributed by atoms with Crippen LogP contribution in [-0.4, -0.2) is 15.0 Å². The maximum absolute atomic E-state index is 6.06. The molecule has 0 amide bonds. The zero-order valence-electron chi connectivity index (χ0n) is 8.69. The molecule has 1 heterocycles. The Labute approximate surface area is 108 Å². The molecule has 0 aliphatic heterocycles. The zero-order chi connectivity index (χ0) is 12.4. The summed E-state index contributed by atoms with van der Waals surface area (Å²) >= 11 is 12.0. The lowest BCUT2D eigenvalue weighted by Crippen LogP contribution is -2.07. The minimum atomic E-state index is 0.0886. The van der Waals surface area contributed by atoms with Crippen LogP contribution >= 0.6 is 23.2 Å². The summed E-state index contributed by atoms with van der Waals surface area (Å²) in [7, 11) is 0. The van der Waals surface area contributed by atoms with Crippen LogP contribution in [0.25, 0.3) is 0 Å². The van der Waals surface area contributed by atoms with Gasteiger partial charge in [0.25, 0.3) is 0 Å². The van der Waals surface area contributed by atoms with Gasteiger partial charge in [0, 0.05) is 6.42 Å². The number of aromatic nitrogens is 3. The van der Waals surface area contributed by atoms with E-state index in [1.165, 1.54) is 0 Å². The van der Waals surface area contributed by atoms with Gasteiger partial charge in [-0.2, -0.15) is 15.0 Å². The number of anilines is 2. The lowest BCUT2D eigenvalue weighted by Gasteiger charge is -2.05. The molecule has 0 fully saturated rings. The van der Waals surface area contributed by atoms with E-state index in [-0.39, 0.29) is 11.9 Å². The first-order chi connectivity index (χ1) is 8.06. The Hall–Kier alpha value is -1.59. The molecule has 0 bridgehead atoms. The molecule has 2 rings (SSSR count). The molecule has 17 heavy (non-hydrogen) atoms. The number of nitrogen functional groups attached to an aromatic ring is 2. The van der Waals surface area contributed by atoms with E-state index in [0.29, 0.717) is 22.3 Å². The fourth-order valence-electron chi connectivity index (χ4n) is 1.39. The minimum absolute atomic E-state index is 0.0886. The van der Waals surface area contributed by atoms with Crippen LogP contribution in [0, 0.1) is 0 Å². The highest BCUT2D eigenvalue weighted by Gasteiger charge is 2.08. The second-order valence-corrected chi connectivity index (χ2v) is 4.14. The normalized spacial score (nSPS) is 10.5. The van der Waals surface area contributed by atoms with Crippen LogP contribution in [0.1, 0.15) is 11.4 Å². The van der Waals surface area contributed by atoms with Gasteiger partial charge in [-0.05, 0) is 11.6 Å². The Morgan fingerprint density at radius 1 is 1.00 bits per heavy atom. The molecule has 5 nitrogen and oxygen atoms in total. The van der Waals surface area contributed by atoms with Crippen molar-refractivity contribution in [2.45, 2.75) is 6.42 Å². The molecule has 88 valence electrons. The molecule has 0 saturated heterocycles. The number of hydrogen-bond acceptors (Lipinski definition) is 5. The first kappa shape index (κ1) is 11.9. The van der Waals surface area contributed by atoms with Gasteiger partial charge in [-0.1, -0.05) is 35.3 Å². The van der Waals surface area contributed by atoms with Crippen molar-refractivity contribution in [3.05, 3.63) is 39.6 Å². The van der Waals surface area contributed by atoms with Gasteiger partial charge in [0.05, 0.1) is 10.0 Å². The van der Waals surface area contributed by atoms with Crippen molar-refractivity contribution in [3.63, 3.8) is 0 Å². The summed E-state index contributed by atoms with van der Waals surface area (Å²) < 4.78 is 0. The number of hydrogen-bond donors (Lipinski definition) is 2. The van der Waals surface area contributed by atoms with Crippen LogP contribution in [0.4, 0.5) is 11.9 Å². The van der Waals surface area contributed by atoms with Gasteiger partial charge >= 0.3 is 0 Å². The van der Waals surface area contributed by atoms with Crippen LogP contribution in [0.2, 0.25) is 10.0 Å². The van der Waals surface area contributed by atoms with E-state index >= 15 is 0 Å². The van der Waals surface area contributed by atoms with Crippen LogP contribution in [0.3, 0.4) is 0 Å². The van der Waals surface area contributed by atoms with Crippen molar-refractivity contribution in [1.29, 1.82) is 0 Å². The fourth-order valence-corrected chi connectivity index (χ4v) is 1.78. The molecular formula is C10H9Cl2N5. The summed E-state index contributed by atoms with van der Waals surface area (Å²) in [6.07, 6.45) is 0.399. The van der Waals surface area contributed by atoms with E-state index in [9.17, 15) is 0 Å². The molecule has 0 atom stereocenters. The summed E-state index contributed by atoms with van der Waals surface area (Å²) in [6, 6.07) is 5.35. The molecule has 0 unspecified atom stereocenters. The molecule has 0 spiro atoms. The fraction of sp³-hybridized carbons (Fsp3) is 0.100. The monoisotopic (exact) mass is 269 g/mol. The molecular weight excluding hydrogens is 261 g/mol. The van der Waals surface area contributed by atoms with Crippen molar-refractivity contribution in [1.82, 2.24) is 15.0 Å². The summed E-state index contributed by atoms with van der Waals surface area (Å²) in [5.74, 6) is 0.635.